The molecule has 0 amide bonds. The Bertz CT molecular complexity index is 185. The highest BCUT2D eigenvalue weighted by Crippen LogP contribution is 2.02. The summed E-state index contributed by atoms with van der Waals surface area (Å²) in [6, 6.07) is 0. The lowest BCUT2D eigenvalue weighted by molar-refractivity contribution is 0.580. The highest BCUT2D eigenvalue weighted by molar-refractivity contribution is 7.91. The largest absolute Gasteiger partial charge is 0.315 e. The fraction of sp³-hybridized carbons (Fsp3) is 1.00. The number of hydrogen-bond donors (Lipinski definition) is 1. The van der Waals surface area contributed by atoms with Crippen molar-refractivity contribution in [1.82, 2.24) is 0 Å². The molecule has 0 aliphatic carbocycles. The quantitative estimate of drug-likeness (QED) is 0.638. The van der Waals surface area contributed by atoms with Crippen molar-refractivity contribution in [3.8, 4) is 0 Å². The van der Waals surface area contributed by atoms with E-state index in [0.717, 1.165) is 19.3 Å². The Kier molecular flexibility index (Phi) is 4.68. The van der Waals surface area contributed by atoms with Crippen LogP contribution in [0.2, 0.25) is 0 Å². The Labute approximate surface area is 68.9 Å². The molecule has 0 saturated carbocycles. The Morgan fingerprint density at radius 2 is 1.91 bits per heavy atom. The zero-order valence-corrected chi connectivity index (χ0v) is 8.02. The third kappa shape index (κ3) is 4.37. The van der Waals surface area contributed by atoms with Crippen LogP contribution in [0.1, 0.15) is 33.1 Å². The molecule has 0 spiro atoms. The van der Waals surface area contributed by atoms with Gasteiger partial charge in [-0.05, 0) is 13.3 Å². The normalized spacial score (nSPS) is 14.8. The third-order valence-corrected chi connectivity index (χ3v) is 3.59. The van der Waals surface area contributed by atoms with E-state index in [4.69, 9.17) is 5.73 Å². The van der Waals surface area contributed by atoms with Gasteiger partial charge in [0.2, 0.25) is 0 Å². The van der Waals surface area contributed by atoms with E-state index in [0.29, 0.717) is 0 Å². The van der Waals surface area contributed by atoms with Crippen molar-refractivity contribution in [2.75, 3.05) is 5.75 Å². The summed E-state index contributed by atoms with van der Waals surface area (Å²) in [7, 11) is -2.99. The minimum atomic E-state index is -2.99. The lowest BCUT2D eigenvalue weighted by Crippen LogP contribution is -2.29. The van der Waals surface area contributed by atoms with Crippen LogP contribution in [-0.2, 0) is 9.84 Å². The molecule has 11 heavy (non-hydrogen) atoms. The van der Waals surface area contributed by atoms with Crippen LogP contribution in [-0.4, -0.2) is 19.5 Å². The van der Waals surface area contributed by atoms with Gasteiger partial charge in [0, 0.05) is 0 Å². The zero-order valence-electron chi connectivity index (χ0n) is 7.21. The summed E-state index contributed by atoms with van der Waals surface area (Å²) in [6.07, 6.45) is 2.74. The standard InChI is InChI=1S/C7H17NO2S/c1-3-4-5-6-11(9,10)7(2)8/h7H,3-6,8H2,1-2H3. The van der Waals surface area contributed by atoms with E-state index < -0.39 is 15.2 Å². The first kappa shape index (κ1) is 10.9. The predicted molar refractivity (Wildman–Crippen MR) is 47.0 cm³/mol. The van der Waals surface area contributed by atoms with E-state index in [1.807, 2.05) is 6.92 Å². The summed E-state index contributed by atoms with van der Waals surface area (Å²) < 4.78 is 22.2. The average Bonchev–Trinajstić information content (AvgIpc) is 1.88. The third-order valence-electron chi connectivity index (χ3n) is 1.60. The van der Waals surface area contributed by atoms with Crippen LogP contribution in [0.25, 0.3) is 0 Å². The lowest BCUT2D eigenvalue weighted by Gasteiger charge is -2.05. The summed E-state index contributed by atoms with van der Waals surface area (Å²) >= 11 is 0. The number of nitrogens with two attached hydrogens (primary N) is 1. The van der Waals surface area contributed by atoms with Gasteiger partial charge in [-0.25, -0.2) is 8.42 Å². The van der Waals surface area contributed by atoms with Gasteiger partial charge in [0.1, 0.15) is 5.37 Å². The fourth-order valence-corrected chi connectivity index (χ4v) is 1.72. The second-order valence-corrected chi connectivity index (χ2v) is 5.26. The zero-order chi connectivity index (χ0) is 8.91. The van der Waals surface area contributed by atoms with Gasteiger partial charge in [-0.15, -0.1) is 0 Å². The van der Waals surface area contributed by atoms with Gasteiger partial charge in [0.05, 0.1) is 5.75 Å². The molecule has 68 valence electrons. The van der Waals surface area contributed by atoms with Crippen molar-refractivity contribution in [1.29, 1.82) is 0 Å². The molecule has 0 fully saturated rings. The predicted octanol–water partition coefficient (Wildman–Crippen LogP) is 0.896. The summed E-state index contributed by atoms with van der Waals surface area (Å²) in [5.74, 6) is 0.235. The molecule has 1 atom stereocenters. The van der Waals surface area contributed by atoms with Crippen LogP contribution in [0.4, 0.5) is 0 Å². The molecule has 2 N–H and O–H groups in total. The van der Waals surface area contributed by atoms with Gasteiger partial charge in [0.15, 0.2) is 9.84 Å². The van der Waals surface area contributed by atoms with E-state index in [1.54, 1.807) is 0 Å². The minimum absolute atomic E-state index is 0.235. The molecule has 0 aromatic heterocycles. The molecule has 3 nitrogen and oxygen atoms in total. The van der Waals surface area contributed by atoms with Crippen LogP contribution in [0.3, 0.4) is 0 Å². The molecule has 0 bridgehead atoms. The maximum absolute atomic E-state index is 11.1. The maximum Gasteiger partial charge on any atom is 0.165 e. The molecular formula is C7H17NO2S. The first-order chi connectivity index (χ1) is 5.00. The van der Waals surface area contributed by atoms with E-state index in [1.165, 1.54) is 6.92 Å². The highest BCUT2D eigenvalue weighted by atomic mass is 32.2. The van der Waals surface area contributed by atoms with E-state index in [-0.39, 0.29) is 5.75 Å². The van der Waals surface area contributed by atoms with Gasteiger partial charge in [-0.1, -0.05) is 19.8 Å². The van der Waals surface area contributed by atoms with Gasteiger partial charge in [0.25, 0.3) is 0 Å². The Hall–Kier alpha value is -0.0900. The molecule has 0 aliphatic rings. The van der Waals surface area contributed by atoms with Crippen LogP contribution in [0.5, 0.6) is 0 Å². The van der Waals surface area contributed by atoms with Crippen molar-refractivity contribution in [2.24, 2.45) is 5.73 Å². The molecule has 0 radical (unpaired) electrons. The lowest BCUT2D eigenvalue weighted by atomic mass is 10.3. The molecule has 4 heteroatoms. The number of sulfone groups is 1. The van der Waals surface area contributed by atoms with Gasteiger partial charge in [-0.3, -0.25) is 0 Å². The van der Waals surface area contributed by atoms with Crippen molar-refractivity contribution < 1.29 is 8.42 Å². The van der Waals surface area contributed by atoms with Crippen molar-refractivity contribution in [2.45, 2.75) is 38.5 Å². The van der Waals surface area contributed by atoms with Gasteiger partial charge < -0.3 is 5.73 Å². The topological polar surface area (TPSA) is 60.2 Å². The Morgan fingerprint density at radius 1 is 1.36 bits per heavy atom. The number of unbranched alkanes of at least 4 members (excludes halogenated alkanes) is 2. The van der Waals surface area contributed by atoms with E-state index in [2.05, 4.69) is 0 Å². The van der Waals surface area contributed by atoms with Crippen LogP contribution < -0.4 is 5.73 Å². The number of hydrogen-bond acceptors (Lipinski definition) is 3. The van der Waals surface area contributed by atoms with Crippen molar-refractivity contribution >= 4 is 9.84 Å². The van der Waals surface area contributed by atoms with Crippen molar-refractivity contribution in [3.63, 3.8) is 0 Å². The Morgan fingerprint density at radius 3 is 2.27 bits per heavy atom. The van der Waals surface area contributed by atoms with Crippen LogP contribution in [0, 0.1) is 0 Å². The molecule has 0 rings (SSSR count). The van der Waals surface area contributed by atoms with Crippen molar-refractivity contribution in [3.05, 3.63) is 0 Å². The first-order valence-corrected chi connectivity index (χ1v) is 5.69. The van der Waals surface area contributed by atoms with Gasteiger partial charge >= 0.3 is 0 Å². The fourth-order valence-electron chi connectivity index (χ4n) is 0.739. The maximum atomic E-state index is 11.1. The monoisotopic (exact) mass is 179 g/mol. The molecular weight excluding hydrogens is 162 g/mol. The minimum Gasteiger partial charge on any atom is -0.315 e. The van der Waals surface area contributed by atoms with Gasteiger partial charge in [-0.2, -0.15) is 0 Å². The van der Waals surface area contributed by atoms with E-state index >= 15 is 0 Å². The average molecular weight is 179 g/mol. The smallest absolute Gasteiger partial charge is 0.165 e. The summed E-state index contributed by atoms with van der Waals surface area (Å²) in [6.45, 7) is 3.56. The molecule has 1 unspecified atom stereocenters. The molecule has 0 aromatic rings. The first-order valence-electron chi connectivity index (χ1n) is 3.98. The number of rotatable bonds is 5. The summed E-state index contributed by atoms with van der Waals surface area (Å²) in [5.41, 5.74) is 5.26. The van der Waals surface area contributed by atoms with Crippen LogP contribution >= 0.6 is 0 Å². The Balaban J connectivity index is 3.75. The summed E-state index contributed by atoms with van der Waals surface area (Å²) in [4.78, 5) is 0. The SMILES string of the molecule is CCCCCS(=O)(=O)C(C)N. The summed E-state index contributed by atoms with van der Waals surface area (Å²) in [5, 5.41) is -0.709. The molecule has 0 heterocycles. The van der Waals surface area contributed by atoms with E-state index in [9.17, 15) is 8.42 Å². The highest BCUT2D eigenvalue weighted by Gasteiger charge is 2.14. The second kappa shape index (κ2) is 4.72. The molecule has 0 saturated heterocycles. The molecule has 0 aromatic carbocycles. The molecule has 0 aliphatic heterocycles. The van der Waals surface area contributed by atoms with Crippen LogP contribution in [0.15, 0.2) is 0 Å². The second-order valence-electron chi connectivity index (χ2n) is 2.78.